The highest BCUT2D eigenvalue weighted by Gasteiger charge is 2.18. The van der Waals surface area contributed by atoms with E-state index in [0.717, 1.165) is 49.4 Å². The molecule has 1 aliphatic heterocycles. The van der Waals surface area contributed by atoms with Crippen molar-refractivity contribution in [2.24, 2.45) is 0 Å². The minimum absolute atomic E-state index is 0.232. The summed E-state index contributed by atoms with van der Waals surface area (Å²) in [6.07, 6.45) is 1.87. The van der Waals surface area contributed by atoms with Crippen LogP contribution in [0.4, 0.5) is 5.69 Å². The van der Waals surface area contributed by atoms with Crippen molar-refractivity contribution in [1.29, 1.82) is 0 Å². The molecular formula is C16H21N3O2. The van der Waals surface area contributed by atoms with Crippen LogP contribution in [-0.4, -0.2) is 61.4 Å². The summed E-state index contributed by atoms with van der Waals surface area (Å²) in [4.78, 5) is 9.11. The minimum atomic E-state index is 0.232. The molecule has 2 heterocycles. The number of methoxy groups -OCH3 is 1. The van der Waals surface area contributed by atoms with Crippen LogP contribution in [0, 0.1) is 0 Å². The van der Waals surface area contributed by atoms with E-state index in [1.165, 1.54) is 5.69 Å². The maximum atomic E-state index is 9.02. The Balaban J connectivity index is 1.87. The van der Waals surface area contributed by atoms with E-state index in [4.69, 9.17) is 9.84 Å². The number of benzene rings is 1. The molecule has 5 nitrogen and oxygen atoms in total. The van der Waals surface area contributed by atoms with E-state index in [-0.39, 0.29) is 6.61 Å². The lowest BCUT2D eigenvalue weighted by atomic mass is 10.1. The van der Waals surface area contributed by atoms with Crippen molar-refractivity contribution in [2.75, 3.05) is 51.3 Å². The van der Waals surface area contributed by atoms with Gasteiger partial charge in [-0.25, -0.2) is 0 Å². The quantitative estimate of drug-likeness (QED) is 0.920. The van der Waals surface area contributed by atoms with Gasteiger partial charge in [-0.2, -0.15) is 0 Å². The molecule has 0 aliphatic carbocycles. The topological polar surface area (TPSA) is 48.8 Å². The Morgan fingerprint density at radius 3 is 2.71 bits per heavy atom. The number of fused-ring (bicyclic) bond motifs is 1. The maximum absolute atomic E-state index is 9.02. The first-order valence-electron chi connectivity index (χ1n) is 7.33. The standard InChI is InChI=1S/C16H21N3O2/c1-21-13-2-3-15-14(12-13)16(4-5-17-15)19-8-6-18(7-9-19)10-11-20/h2-5,12,20H,6-11H2,1H3. The Bertz CT molecular complexity index is 609. The van der Waals surface area contributed by atoms with E-state index < -0.39 is 0 Å². The molecule has 2 aromatic rings. The molecule has 1 aromatic heterocycles. The van der Waals surface area contributed by atoms with Crippen molar-refractivity contribution < 1.29 is 9.84 Å². The van der Waals surface area contributed by atoms with E-state index in [0.29, 0.717) is 0 Å². The van der Waals surface area contributed by atoms with E-state index in [1.54, 1.807) is 7.11 Å². The number of anilines is 1. The number of pyridine rings is 1. The Hall–Kier alpha value is -1.85. The molecular weight excluding hydrogens is 266 g/mol. The number of hydrogen-bond acceptors (Lipinski definition) is 5. The number of piperazine rings is 1. The molecule has 3 rings (SSSR count). The van der Waals surface area contributed by atoms with Crippen LogP contribution in [0.2, 0.25) is 0 Å². The number of aromatic nitrogens is 1. The Morgan fingerprint density at radius 1 is 1.19 bits per heavy atom. The molecule has 21 heavy (non-hydrogen) atoms. The van der Waals surface area contributed by atoms with Crippen LogP contribution >= 0.6 is 0 Å². The predicted molar refractivity (Wildman–Crippen MR) is 84.0 cm³/mol. The lowest BCUT2D eigenvalue weighted by Gasteiger charge is -2.36. The van der Waals surface area contributed by atoms with Crippen LogP contribution in [0.1, 0.15) is 0 Å². The summed E-state index contributed by atoms with van der Waals surface area (Å²) in [5.74, 6) is 0.857. The van der Waals surface area contributed by atoms with Gasteiger partial charge < -0.3 is 14.7 Å². The molecule has 0 unspecified atom stereocenters. The maximum Gasteiger partial charge on any atom is 0.119 e. The fourth-order valence-electron chi connectivity index (χ4n) is 2.87. The molecule has 0 radical (unpaired) electrons. The zero-order valence-electron chi connectivity index (χ0n) is 12.3. The second-order valence-corrected chi connectivity index (χ2v) is 5.27. The van der Waals surface area contributed by atoms with Gasteiger partial charge in [0.05, 0.1) is 19.2 Å². The number of aliphatic hydroxyl groups excluding tert-OH is 1. The second kappa shape index (κ2) is 6.28. The normalized spacial score (nSPS) is 16.4. The number of β-amino-alcohol motifs (C(OH)–C–C–N with tert-alkyl or cyclic N) is 1. The van der Waals surface area contributed by atoms with E-state index in [1.807, 2.05) is 18.3 Å². The largest absolute Gasteiger partial charge is 0.497 e. The molecule has 1 N–H and O–H groups in total. The van der Waals surface area contributed by atoms with E-state index >= 15 is 0 Å². The van der Waals surface area contributed by atoms with Gasteiger partial charge in [0, 0.05) is 50.0 Å². The van der Waals surface area contributed by atoms with Gasteiger partial charge in [0.25, 0.3) is 0 Å². The lowest BCUT2D eigenvalue weighted by Crippen LogP contribution is -2.47. The lowest BCUT2D eigenvalue weighted by molar-refractivity contribution is 0.189. The van der Waals surface area contributed by atoms with Gasteiger partial charge in [0.2, 0.25) is 0 Å². The van der Waals surface area contributed by atoms with E-state index in [9.17, 15) is 0 Å². The summed E-state index contributed by atoms with van der Waals surface area (Å²) >= 11 is 0. The summed E-state index contributed by atoms with van der Waals surface area (Å²) in [5, 5.41) is 10.2. The highest BCUT2D eigenvalue weighted by Crippen LogP contribution is 2.29. The van der Waals surface area contributed by atoms with Crippen molar-refractivity contribution in [1.82, 2.24) is 9.88 Å². The molecule has 0 spiro atoms. The Morgan fingerprint density at radius 2 is 2.00 bits per heavy atom. The second-order valence-electron chi connectivity index (χ2n) is 5.27. The summed E-state index contributed by atoms with van der Waals surface area (Å²) in [7, 11) is 1.69. The smallest absolute Gasteiger partial charge is 0.119 e. The SMILES string of the molecule is COc1ccc2nccc(N3CCN(CCO)CC3)c2c1. The van der Waals surface area contributed by atoms with Crippen molar-refractivity contribution in [3.05, 3.63) is 30.5 Å². The zero-order chi connectivity index (χ0) is 14.7. The molecule has 1 aliphatic rings. The van der Waals surface area contributed by atoms with Gasteiger partial charge in [-0.1, -0.05) is 0 Å². The average molecular weight is 287 g/mol. The third-order valence-electron chi connectivity index (χ3n) is 4.05. The third-order valence-corrected chi connectivity index (χ3v) is 4.05. The van der Waals surface area contributed by atoms with Crippen molar-refractivity contribution in [3.63, 3.8) is 0 Å². The first kappa shape index (κ1) is 14.1. The average Bonchev–Trinajstić information content (AvgIpc) is 2.55. The molecule has 5 heteroatoms. The Labute approximate surface area is 124 Å². The molecule has 0 atom stereocenters. The van der Waals surface area contributed by atoms with Gasteiger partial charge in [-0.05, 0) is 24.3 Å². The Kier molecular flexibility index (Phi) is 4.22. The molecule has 0 amide bonds. The van der Waals surface area contributed by atoms with Gasteiger partial charge in [-0.3, -0.25) is 9.88 Å². The summed E-state index contributed by atoms with van der Waals surface area (Å²) in [5.41, 5.74) is 2.20. The number of nitrogens with zero attached hydrogens (tertiary/aromatic N) is 3. The van der Waals surface area contributed by atoms with Gasteiger partial charge in [0.1, 0.15) is 5.75 Å². The van der Waals surface area contributed by atoms with E-state index in [2.05, 4.69) is 26.9 Å². The van der Waals surface area contributed by atoms with Crippen molar-refractivity contribution in [3.8, 4) is 5.75 Å². The minimum Gasteiger partial charge on any atom is -0.497 e. The fourth-order valence-corrected chi connectivity index (χ4v) is 2.87. The fraction of sp³-hybridized carbons (Fsp3) is 0.438. The van der Waals surface area contributed by atoms with Crippen molar-refractivity contribution in [2.45, 2.75) is 0 Å². The molecule has 1 fully saturated rings. The zero-order valence-corrected chi connectivity index (χ0v) is 12.3. The summed E-state index contributed by atoms with van der Waals surface area (Å²) in [6, 6.07) is 8.07. The van der Waals surface area contributed by atoms with Crippen LogP contribution in [0.5, 0.6) is 5.75 Å². The van der Waals surface area contributed by atoms with Crippen LogP contribution in [0.15, 0.2) is 30.5 Å². The number of ether oxygens (including phenoxy) is 1. The van der Waals surface area contributed by atoms with Gasteiger partial charge >= 0.3 is 0 Å². The first-order valence-corrected chi connectivity index (χ1v) is 7.33. The van der Waals surface area contributed by atoms with Crippen LogP contribution in [0.3, 0.4) is 0 Å². The molecule has 1 saturated heterocycles. The third kappa shape index (κ3) is 2.94. The van der Waals surface area contributed by atoms with Gasteiger partial charge in [-0.15, -0.1) is 0 Å². The van der Waals surface area contributed by atoms with Gasteiger partial charge in [0.15, 0.2) is 0 Å². The highest BCUT2D eigenvalue weighted by molar-refractivity contribution is 5.92. The number of aliphatic hydroxyl groups is 1. The highest BCUT2D eigenvalue weighted by atomic mass is 16.5. The monoisotopic (exact) mass is 287 g/mol. The first-order chi connectivity index (χ1) is 10.3. The number of rotatable bonds is 4. The van der Waals surface area contributed by atoms with Crippen molar-refractivity contribution >= 4 is 16.6 Å². The summed E-state index contributed by atoms with van der Waals surface area (Å²) in [6.45, 7) is 4.89. The number of hydrogen-bond donors (Lipinski definition) is 1. The summed E-state index contributed by atoms with van der Waals surface area (Å²) < 4.78 is 5.33. The van der Waals surface area contributed by atoms with Crippen LogP contribution < -0.4 is 9.64 Å². The van der Waals surface area contributed by atoms with Crippen LogP contribution in [0.25, 0.3) is 10.9 Å². The predicted octanol–water partition coefficient (Wildman–Crippen LogP) is 1.36. The molecule has 112 valence electrons. The molecule has 1 aromatic carbocycles. The molecule has 0 saturated carbocycles. The molecule has 0 bridgehead atoms. The van der Waals surface area contributed by atoms with Crippen LogP contribution in [-0.2, 0) is 0 Å².